The number of aliphatic hydroxyl groups is 1. The van der Waals surface area contributed by atoms with Crippen molar-refractivity contribution in [2.45, 2.75) is 13.8 Å². The van der Waals surface area contributed by atoms with Crippen LogP contribution in [0.1, 0.15) is 12.5 Å². The number of aryl methyl sites for hydroxylation is 1. The number of aliphatic hydroxyl groups excluding tert-OH is 1. The number of hydrogen-bond acceptors (Lipinski definition) is 3. The van der Waals surface area contributed by atoms with Gasteiger partial charge in [0.1, 0.15) is 0 Å². The van der Waals surface area contributed by atoms with E-state index in [9.17, 15) is 0 Å². The Morgan fingerprint density at radius 3 is 2.67 bits per heavy atom. The van der Waals surface area contributed by atoms with Crippen LogP contribution >= 0.6 is 0 Å². The average Bonchev–Trinajstić information content (AvgIpc) is 2.26. The quantitative estimate of drug-likeness (QED) is 0.769. The Labute approximate surface area is 89.8 Å². The van der Waals surface area contributed by atoms with Crippen LogP contribution in [0, 0.1) is 12.3 Å². The summed E-state index contributed by atoms with van der Waals surface area (Å²) in [4.78, 5) is 5.22. The number of nitrogens with zero attached hydrogens (tertiary/aromatic N) is 3. The van der Waals surface area contributed by atoms with Crippen LogP contribution in [0.3, 0.4) is 0 Å². The monoisotopic (exact) mass is 206 g/mol. The molecule has 0 unspecified atom stereocenters. The predicted molar refractivity (Wildman–Crippen MR) is 60.9 cm³/mol. The first-order valence-corrected chi connectivity index (χ1v) is 5.04. The Hall–Kier alpha value is -1.60. The maximum absolute atomic E-state index is 8.92. The fourth-order valence-corrected chi connectivity index (χ4v) is 1.63. The molecular formula is C11H16N3O+. The van der Waals surface area contributed by atoms with Crippen molar-refractivity contribution in [3.8, 4) is 0 Å². The lowest BCUT2D eigenvalue weighted by Crippen LogP contribution is -2.26. The molecule has 80 valence electrons. The molecule has 0 saturated heterocycles. The van der Waals surface area contributed by atoms with Crippen LogP contribution in [0.2, 0.25) is 0 Å². The normalized spacial score (nSPS) is 9.73. The molecule has 0 amide bonds. The van der Waals surface area contributed by atoms with Crippen LogP contribution in [-0.2, 0) is 0 Å². The van der Waals surface area contributed by atoms with Crippen molar-refractivity contribution in [1.82, 2.24) is 0 Å². The van der Waals surface area contributed by atoms with Crippen molar-refractivity contribution < 1.29 is 5.11 Å². The van der Waals surface area contributed by atoms with Gasteiger partial charge in [0.15, 0.2) is 4.98 Å². The first-order chi connectivity index (χ1) is 7.22. The lowest BCUT2D eigenvalue weighted by Gasteiger charge is -2.23. The number of hydrogen-bond donors (Lipinski definition) is 1. The Morgan fingerprint density at radius 2 is 2.20 bits per heavy atom. The number of benzene rings is 1. The molecule has 0 heterocycles. The van der Waals surface area contributed by atoms with Crippen LogP contribution in [0.25, 0.3) is 4.98 Å². The third-order valence-corrected chi connectivity index (χ3v) is 2.39. The molecule has 1 rings (SSSR count). The summed E-state index contributed by atoms with van der Waals surface area (Å²) in [5, 5.41) is 17.5. The number of likely N-dealkylation sites (N-methyl/N-ethyl adjacent to an activating group) is 1. The van der Waals surface area contributed by atoms with E-state index >= 15 is 0 Å². The minimum absolute atomic E-state index is 0.138. The second-order valence-electron chi connectivity index (χ2n) is 3.37. The maximum atomic E-state index is 8.92. The lowest BCUT2D eigenvalue weighted by atomic mass is 10.1. The highest BCUT2D eigenvalue weighted by Crippen LogP contribution is 2.24. The molecule has 0 saturated carbocycles. The largest absolute Gasteiger partial charge is 0.395 e. The third-order valence-electron chi connectivity index (χ3n) is 2.39. The minimum Gasteiger partial charge on any atom is -0.395 e. The molecule has 0 aliphatic heterocycles. The fourth-order valence-electron chi connectivity index (χ4n) is 1.63. The highest BCUT2D eigenvalue weighted by Gasteiger charge is 2.11. The molecule has 0 radical (unpaired) electrons. The molecule has 0 bridgehead atoms. The Balaban J connectivity index is 2.98. The summed E-state index contributed by atoms with van der Waals surface area (Å²) >= 11 is 0. The predicted octanol–water partition coefficient (Wildman–Crippen LogP) is 2.30. The van der Waals surface area contributed by atoms with Gasteiger partial charge in [0.2, 0.25) is 5.39 Å². The molecule has 0 aliphatic rings. The van der Waals surface area contributed by atoms with Crippen molar-refractivity contribution in [2.75, 3.05) is 24.6 Å². The summed E-state index contributed by atoms with van der Waals surface area (Å²) in [7, 11) is 0. The number of rotatable bonds is 4. The Kier molecular flexibility index (Phi) is 4.07. The molecule has 1 N–H and O–H groups in total. The van der Waals surface area contributed by atoms with Crippen molar-refractivity contribution in [3.63, 3.8) is 0 Å². The molecule has 0 atom stereocenters. The Bertz CT molecular complexity index is 371. The molecule has 1 aromatic rings. The first-order valence-electron chi connectivity index (χ1n) is 5.04. The van der Waals surface area contributed by atoms with E-state index < -0.39 is 0 Å². The zero-order valence-corrected chi connectivity index (χ0v) is 9.14. The van der Waals surface area contributed by atoms with Gasteiger partial charge in [0.05, 0.1) is 6.61 Å². The molecule has 0 fully saturated rings. The summed E-state index contributed by atoms with van der Waals surface area (Å²) in [6.45, 7) is 5.60. The molecular weight excluding hydrogens is 190 g/mol. The molecule has 4 heteroatoms. The van der Waals surface area contributed by atoms with Crippen LogP contribution in [0.4, 0.5) is 11.4 Å². The van der Waals surface area contributed by atoms with Crippen molar-refractivity contribution >= 4 is 11.4 Å². The van der Waals surface area contributed by atoms with Gasteiger partial charge >= 0.3 is 5.69 Å². The summed E-state index contributed by atoms with van der Waals surface area (Å²) < 4.78 is 0. The molecule has 4 nitrogen and oxygen atoms in total. The van der Waals surface area contributed by atoms with Gasteiger partial charge in [-0.3, -0.25) is 0 Å². The zero-order valence-electron chi connectivity index (χ0n) is 9.14. The van der Waals surface area contributed by atoms with Crippen molar-refractivity contribution in [1.29, 1.82) is 5.39 Å². The van der Waals surface area contributed by atoms with E-state index in [1.807, 2.05) is 26.0 Å². The summed E-state index contributed by atoms with van der Waals surface area (Å²) in [5.41, 5.74) is 2.66. The molecule has 0 aliphatic carbocycles. The standard InChI is InChI=1S/C11H16N3O/c1-3-14(6-7-15)11-5-4-10(13-12)8-9(11)2/h4-5,8,15H,3,6-7H2,1-2H3/q+1. The van der Waals surface area contributed by atoms with Gasteiger partial charge in [0.25, 0.3) is 0 Å². The van der Waals surface area contributed by atoms with E-state index in [0.717, 1.165) is 17.8 Å². The molecule has 15 heavy (non-hydrogen) atoms. The van der Waals surface area contributed by atoms with Crippen LogP contribution in [-0.4, -0.2) is 24.8 Å². The molecule has 1 aromatic carbocycles. The second-order valence-corrected chi connectivity index (χ2v) is 3.37. The summed E-state index contributed by atoms with van der Waals surface area (Å²) in [6, 6.07) is 5.47. The SMILES string of the molecule is CCN(CCO)c1ccc([N+]#N)cc1C. The molecule has 0 aromatic heterocycles. The third kappa shape index (κ3) is 2.67. The van der Waals surface area contributed by atoms with Crippen LogP contribution in [0.15, 0.2) is 18.2 Å². The molecule has 0 spiro atoms. The van der Waals surface area contributed by atoms with Crippen LogP contribution < -0.4 is 4.90 Å². The van der Waals surface area contributed by atoms with Crippen LogP contribution in [0.5, 0.6) is 0 Å². The summed E-state index contributed by atoms with van der Waals surface area (Å²) in [5.74, 6) is 0. The number of diazo groups is 1. The topological polar surface area (TPSA) is 51.6 Å². The van der Waals surface area contributed by atoms with E-state index in [-0.39, 0.29) is 6.61 Å². The van der Waals surface area contributed by atoms with Gasteiger partial charge in [-0.25, -0.2) is 0 Å². The zero-order chi connectivity index (χ0) is 11.3. The van der Waals surface area contributed by atoms with E-state index in [4.69, 9.17) is 10.5 Å². The van der Waals surface area contributed by atoms with E-state index in [1.54, 1.807) is 6.07 Å². The van der Waals surface area contributed by atoms with Gasteiger partial charge < -0.3 is 10.0 Å². The van der Waals surface area contributed by atoms with Gasteiger partial charge in [-0.1, -0.05) is 0 Å². The van der Waals surface area contributed by atoms with Crippen molar-refractivity contribution in [2.24, 2.45) is 0 Å². The van der Waals surface area contributed by atoms with Gasteiger partial charge in [-0.2, -0.15) is 0 Å². The minimum atomic E-state index is 0.138. The van der Waals surface area contributed by atoms with Gasteiger partial charge in [-0.15, -0.1) is 0 Å². The smallest absolute Gasteiger partial charge is 0.385 e. The first kappa shape index (κ1) is 11.5. The van der Waals surface area contributed by atoms with Gasteiger partial charge in [0, 0.05) is 30.9 Å². The van der Waals surface area contributed by atoms with E-state index in [0.29, 0.717) is 12.2 Å². The maximum Gasteiger partial charge on any atom is 0.385 e. The fraction of sp³-hybridized carbons (Fsp3) is 0.455. The Morgan fingerprint density at radius 1 is 1.47 bits per heavy atom. The second kappa shape index (κ2) is 5.32. The summed E-state index contributed by atoms with van der Waals surface area (Å²) in [6.07, 6.45) is 0. The highest BCUT2D eigenvalue weighted by atomic mass is 16.3. The van der Waals surface area contributed by atoms with Gasteiger partial charge in [-0.05, 0) is 25.5 Å². The van der Waals surface area contributed by atoms with E-state index in [1.165, 1.54) is 0 Å². The lowest BCUT2D eigenvalue weighted by molar-refractivity contribution is 0.302. The van der Waals surface area contributed by atoms with Crippen molar-refractivity contribution in [3.05, 3.63) is 28.7 Å². The highest BCUT2D eigenvalue weighted by molar-refractivity contribution is 5.60. The van der Waals surface area contributed by atoms with E-state index in [2.05, 4.69) is 9.88 Å². The number of anilines is 1. The average molecular weight is 206 g/mol.